The minimum absolute atomic E-state index is 0. The molecule has 0 amide bonds. The van der Waals surface area contributed by atoms with Crippen LogP contribution in [0.1, 0.15) is 6.42 Å². The lowest BCUT2D eigenvalue weighted by Gasteiger charge is -2.03. The second-order valence-corrected chi connectivity index (χ2v) is 3.29. The molecule has 1 aliphatic rings. The number of carbonyl (C=O) groups is 1. The molecule has 1 aliphatic carbocycles. The van der Waals surface area contributed by atoms with Gasteiger partial charge in [-0.05, 0) is 18.3 Å². The summed E-state index contributed by atoms with van der Waals surface area (Å²) in [4.78, 5) is 14.3. The number of hydrogen-bond acceptors (Lipinski definition) is 3. The Labute approximate surface area is 100 Å². The minimum Gasteiger partial charge on any atom is -0.480 e. The number of hydrogen-bond donors (Lipinski definition) is 4. The highest BCUT2D eigenvalue weighted by molar-refractivity contribution is 5.85. The lowest BCUT2D eigenvalue weighted by Crippen LogP contribution is -2.33. The van der Waals surface area contributed by atoms with Gasteiger partial charge in [-0.1, -0.05) is 0 Å². The van der Waals surface area contributed by atoms with Crippen LogP contribution in [0.25, 0.3) is 0 Å². The van der Waals surface area contributed by atoms with E-state index in [0.717, 1.165) is 6.42 Å². The quantitative estimate of drug-likeness (QED) is 0.386. The first-order chi connectivity index (χ1) is 6.02. The van der Waals surface area contributed by atoms with Crippen molar-refractivity contribution in [1.82, 2.24) is 0 Å². The van der Waals surface area contributed by atoms with Gasteiger partial charge in [-0.25, -0.2) is 0 Å². The van der Waals surface area contributed by atoms with E-state index in [1.54, 1.807) is 0 Å². The topological polar surface area (TPSA) is 128 Å². The van der Waals surface area contributed by atoms with Crippen molar-refractivity contribution in [3.05, 3.63) is 0 Å². The summed E-state index contributed by atoms with van der Waals surface area (Å²) in [5.41, 5.74) is 15.7. The molecule has 90 valence electrons. The molecule has 15 heavy (non-hydrogen) atoms. The van der Waals surface area contributed by atoms with Crippen LogP contribution in [0.15, 0.2) is 4.99 Å². The van der Waals surface area contributed by atoms with E-state index in [9.17, 15) is 4.79 Å². The maximum absolute atomic E-state index is 10.5. The van der Waals surface area contributed by atoms with Crippen LogP contribution in [0, 0.1) is 11.8 Å². The van der Waals surface area contributed by atoms with E-state index in [-0.39, 0.29) is 42.6 Å². The van der Waals surface area contributed by atoms with Crippen LogP contribution in [0.2, 0.25) is 0 Å². The number of aliphatic carboxylic acids is 1. The summed E-state index contributed by atoms with van der Waals surface area (Å²) in [5, 5.41) is 8.58. The van der Waals surface area contributed by atoms with Crippen LogP contribution in [0.4, 0.5) is 0 Å². The molecule has 0 aromatic heterocycles. The Kier molecular flexibility index (Phi) is 7.47. The molecule has 0 radical (unpaired) electrons. The van der Waals surface area contributed by atoms with Crippen molar-refractivity contribution in [3.8, 4) is 0 Å². The van der Waals surface area contributed by atoms with Crippen LogP contribution in [0.5, 0.6) is 0 Å². The average Bonchev–Trinajstić information content (AvgIpc) is 2.78. The molecule has 1 saturated carbocycles. The van der Waals surface area contributed by atoms with Gasteiger partial charge in [-0.3, -0.25) is 9.79 Å². The third-order valence-electron chi connectivity index (χ3n) is 2.23. The molecule has 8 heteroatoms. The van der Waals surface area contributed by atoms with Gasteiger partial charge in [0.05, 0.1) is 0 Å². The summed E-state index contributed by atoms with van der Waals surface area (Å²) in [5.74, 6) is -0.666. The van der Waals surface area contributed by atoms with Crippen molar-refractivity contribution in [2.24, 2.45) is 34.0 Å². The maximum atomic E-state index is 10.5. The lowest BCUT2D eigenvalue weighted by molar-refractivity contribution is -0.139. The highest BCUT2D eigenvalue weighted by Gasteiger charge is 2.44. The molecule has 3 atom stereocenters. The molecule has 0 bridgehead atoms. The Bertz CT molecular complexity index is 245. The van der Waals surface area contributed by atoms with Crippen molar-refractivity contribution < 1.29 is 9.90 Å². The van der Waals surface area contributed by atoms with E-state index in [4.69, 9.17) is 22.3 Å². The predicted molar refractivity (Wildman–Crippen MR) is 62.4 cm³/mol. The number of nitrogens with zero attached hydrogens (tertiary/aromatic N) is 1. The zero-order chi connectivity index (χ0) is 10.0. The van der Waals surface area contributed by atoms with Gasteiger partial charge in [-0.15, -0.1) is 24.8 Å². The number of guanidine groups is 1. The van der Waals surface area contributed by atoms with Crippen LogP contribution in [-0.4, -0.2) is 29.6 Å². The zero-order valence-corrected chi connectivity index (χ0v) is 9.63. The molecule has 0 heterocycles. The number of carboxylic acids is 1. The highest BCUT2D eigenvalue weighted by atomic mass is 35.5. The van der Waals surface area contributed by atoms with E-state index < -0.39 is 12.0 Å². The van der Waals surface area contributed by atoms with E-state index in [1.165, 1.54) is 0 Å². The summed E-state index contributed by atoms with van der Waals surface area (Å²) < 4.78 is 0. The van der Waals surface area contributed by atoms with Crippen molar-refractivity contribution in [3.63, 3.8) is 0 Å². The summed E-state index contributed by atoms with van der Waals surface area (Å²) in [6.07, 6.45) is 0.796. The van der Waals surface area contributed by atoms with Crippen molar-refractivity contribution >= 4 is 36.7 Å². The molecule has 0 spiro atoms. The van der Waals surface area contributed by atoms with E-state index in [0.29, 0.717) is 6.54 Å². The number of aliphatic imine (C=N–C) groups is 1. The number of halogens is 2. The molecule has 7 N–H and O–H groups in total. The molecule has 0 aromatic rings. The predicted octanol–water partition coefficient (Wildman–Crippen LogP) is -0.849. The van der Waals surface area contributed by atoms with Crippen molar-refractivity contribution in [2.45, 2.75) is 12.5 Å². The number of nitrogens with two attached hydrogens (primary N) is 3. The first-order valence-electron chi connectivity index (χ1n) is 4.06. The second kappa shape index (κ2) is 6.71. The van der Waals surface area contributed by atoms with E-state index >= 15 is 0 Å². The van der Waals surface area contributed by atoms with Gasteiger partial charge in [-0.2, -0.15) is 0 Å². The second-order valence-electron chi connectivity index (χ2n) is 3.29. The average molecular weight is 259 g/mol. The fraction of sp³-hybridized carbons (Fsp3) is 0.714. The molecule has 0 saturated heterocycles. The minimum atomic E-state index is -0.961. The third kappa shape index (κ3) is 5.06. The third-order valence-corrected chi connectivity index (χ3v) is 2.23. The molecule has 1 fully saturated rings. The van der Waals surface area contributed by atoms with Gasteiger partial charge >= 0.3 is 5.97 Å². The van der Waals surface area contributed by atoms with Gasteiger partial charge in [0, 0.05) is 6.54 Å². The first kappa shape index (κ1) is 16.7. The first-order valence-corrected chi connectivity index (χ1v) is 4.06. The molecule has 1 rings (SSSR count). The molecular formula is C7H16Cl2N4O2. The monoisotopic (exact) mass is 258 g/mol. The smallest absolute Gasteiger partial charge is 0.320 e. The van der Waals surface area contributed by atoms with E-state index in [2.05, 4.69) is 4.99 Å². The van der Waals surface area contributed by atoms with Gasteiger partial charge in [0.1, 0.15) is 6.04 Å². The maximum Gasteiger partial charge on any atom is 0.320 e. The molecule has 0 unspecified atom stereocenters. The fourth-order valence-electron chi connectivity index (χ4n) is 1.33. The Balaban J connectivity index is 0. The van der Waals surface area contributed by atoms with Gasteiger partial charge < -0.3 is 22.3 Å². The summed E-state index contributed by atoms with van der Waals surface area (Å²) >= 11 is 0. The van der Waals surface area contributed by atoms with Crippen LogP contribution in [0.3, 0.4) is 0 Å². The molecule has 0 aliphatic heterocycles. The SMILES string of the molecule is Cl.Cl.NC(N)=NC[C@@H]1C[C@H]1[C@@H](N)C(=O)O. The van der Waals surface area contributed by atoms with Gasteiger partial charge in [0.15, 0.2) is 5.96 Å². The Morgan fingerprint density at radius 3 is 2.40 bits per heavy atom. The van der Waals surface area contributed by atoms with E-state index in [1.807, 2.05) is 0 Å². The summed E-state index contributed by atoms with van der Waals surface area (Å²) in [7, 11) is 0. The fourth-order valence-corrected chi connectivity index (χ4v) is 1.33. The Morgan fingerprint density at radius 2 is 2.00 bits per heavy atom. The number of rotatable bonds is 4. The van der Waals surface area contributed by atoms with Crippen LogP contribution in [-0.2, 0) is 4.79 Å². The van der Waals surface area contributed by atoms with Crippen molar-refractivity contribution in [1.29, 1.82) is 0 Å². The largest absolute Gasteiger partial charge is 0.480 e. The summed E-state index contributed by atoms with van der Waals surface area (Å²) in [6, 6.07) is -0.779. The normalized spacial score (nSPS) is 24.1. The van der Waals surface area contributed by atoms with Crippen LogP contribution >= 0.6 is 24.8 Å². The Hall–Kier alpha value is -0.720. The summed E-state index contributed by atoms with van der Waals surface area (Å²) in [6.45, 7) is 0.480. The van der Waals surface area contributed by atoms with Crippen LogP contribution < -0.4 is 17.2 Å². The van der Waals surface area contributed by atoms with Gasteiger partial charge in [0.25, 0.3) is 0 Å². The zero-order valence-electron chi connectivity index (χ0n) is 8.00. The van der Waals surface area contributed by atoms with Crippen molar-refractivity contribution in [2.75, 3.05) is 6.54 Å². The number of carboxylic acid groups (broad SMARTS) is 1. The molecular weight excluding hydrogens is 243 g/mol. The lowest BCUT2D eigenvalue weighted by atomic mass is 10.1. The highest BCUT2D eigenvalue weighted by Crippen LogP contribution is 2.40. The molecule has 0 aromatic carbocycles. The molecule has 6 nitrogen and oxygen atoms in total. The Morgan fingerprint density at radius 1 is 1.47 bits per heavy atom. The standard InChI is InChI=1S/C7H14N4O2.2ClH/c8-5(6(12)13)4-1-3(4)2-11-7(9)10;;/h3-5H,1-2,8H2,(H,12,13)(H4,9,10,11);2*1H/t3-,4+,5+;;/m0../s1. The van der Waals surface area contributed by atoms with Gasteiger partial charge in [0.2, 0.25) is 0 Å².